The first-order chi connectivity index (χ1) is 20.2. The van der Waals surface area contributed by atoms with Crippen LogP contribution in [0.2, 0.25) is 0 Å². The predicted molar refractivity (Wildman–Crippen MR) is 165 cm³/mol. The minimum absolute atomic E-state index is 0.129. The summed E-state index contributed by atoms with van der Waals surface area (Å²) in [6.07, 6.45) is 0. The van der Waals surface area contributed by atoms with Crippen molar-refractivity contribution in [3.63, 3.8) is 0 Å². The van der Waals surface area contributed by atoms with E-state index in [1.807, 2.05) is 146 Å². The molecule has 2 heterocycles. The third-order valence-corrected chi connectivity index (χ3v) is 7.04. The minimum atomic E-state index is -0.129. The summed E-state index contributed by atoms with van der Waals surface area (Å²) in [5, 5.41) is 0.561. The van der Waals surface area contributed by atoms with Gasteiger partial charge >= 0.3 is 0 Å². The summed E-state index contributed by atoms with van der Waals surface area (Å²) in [4.78, 5) is 28.8. The maximum Gasteiger partial charge on any atom is 0.266 e. The van der Waals surface area contributed by atoms with Crippen molar-refractivity contribution < 1.29 is 0 Å². The molecule has 0 aliphatic heterocycles. The van der Waals surface area contributed by atoms with Crippen molar-refractivity contribution in [1.82, 2.24) is 19.5 Å². The van der Waals surface area contributed by atoms with Crippen molar-refractivity contribution in [2.75, 3.05) is 0 Å². The number of hydrogen-bond acceptors (Lipinski definition) is 4. The fourth-order valence-corrected chi connectivity index (χ4v) is 5.03. The van der Waals surface area contributed by atoms with Crippen LogP contribution in [0.25, 0.3) is 61.9 Å². The second kappa shape index (κ2) is 10.5. The van der Waals surface area contributed by atoms with Gasteiger partial charge in [-0.2, -0.15) is 0 Å². The first kappa shape index (κ1) is 24.4. The van der Waals surface area contributed by atoms with Gasteiger partial charge in [0, 0.05) is 22.3 Å². The second-order valence-corrected chi connectivity index (χ2v) is 9.70. The molecular formula is C36H24N4O. The molecule has 0 bridgehead atoms. The fourth-order valence-electron chi connectivity index (χ4n) is 5.03. The third kappa shape index (κ3) is 4.70. The Kier molecular flexibility index (Phi) is 6.22. The molecule has 2 aromatic heterocycles. The lowest BCUT2D eigenvalue weighted by Crippen LogP contribution is -2.22. The van der Waals surface area contributed by atoms with Crippen LogP contribution in [0.3, 0.4) is 0 Å². The Labute approximate surface area is 237 Å². The lowest BCUT2D eigenvalue weighted by Gasteiger charge is -2.15. The molecule has 0 amide bonds. The molecule has 41 heavy (non-hydrogen) atoms. The molecule has 0 radical (unpaired) electrons. The standard InChI is InChI=1S/C36H24N4O/c41-36-30-21-10-11-22-31(30)39-35(27-17-8-3-9-18-27)40(36)29-20-12-19-28(23-29)34-37-32(25-13-4-1-5-14-25)24-33(38-34)26-15-6-2-7-16-26/h1-24H. The smallest absolute Gasteiger partial charge is 0.266 e. The average Bonchev–Trinajstić information content (AvgIpc) is 3.06. The molecule has 194 valence electrons. The van der Waals surface area contributed by atoms with E-state index < -0.39 is 0 Å². The number of rotatable bonds is 5. The van der Waals surface area contributed by atoms with Gasteiger partial charge in [-0.15, -0.1) is 0 Å². The van der Waals surface area contributed by atoms with Crippen LogP contribution in [0, 0.1) is 0 Å². The van der Waals surface area contributed by atoms with Crippen molar-refractivity contribution in [3.05, 3.63) is 156 Å². The quantitative estimate of drug-likeness (QED) is 0.228. The second-order valence-electron chi connectivity index (χ2n) is 9.70. The lowest BCUT2D eigenvalue weighted by atomic mass is 10.1. The summed E-state index contributed by atoms with van der Waals surface area (Å²) >= 11 is 0. The van der Waals surface area contributed by atoms with Gasteiger partial charge in [-0.3, -0.25) is 9.36 Å². The van der Waals surface area contributed by atoms with Crippen LogP contribution >= 0.6 is 0 Å². The summed E-state index contributed by atoms with van der Waals surface area (Å²) in [6, 6.07) is 47.2. The average molecular weight is 529 g/mol. The van der Waals surface area contributed by atoms with Gasteiger partial charge in [0.1, 0.15) is 5.82 Å². The molecule has 0 aliphatic rings. The number of hydrogen-bond donors (Lipinski definition) is 0. The van der Waals surface area contributed by atoms with Gasteiger partial charge in [-0.25, -0.2) is 15.0 Å². The highest BCUT2D eigenvalue weighted by molar-refractivity contribution is 5.81. The molecule has 0 N–H and O–H groups in total. The highest BCUT2D eigenvalue weighted by Crippen LogP contribution is 2.29. The zero-order chi connectivity index (χ0) is 27.6. The van der Waals surface area contributed by atoms with E-state index in [1.165, 1.54) is 0 Å². The minimum Gasteiger partial charge on any atom is -0.268 e. The Balaban J connectivity index is 1.44. The summed E-state index contributed by atoms with van der Waals surface area (Å²) < 4.78 is 1.68. The Bertz CT molecular complexity index is 2000. The zero-order valence-corrected chi connectivity index (χ0v) is 22.1. The highest BCUT2D eigenvalue weighted by Gasteiger charge is 2.16. The first-order valence-electron chi connectivity index (χ1n) is 13.4. The van der Waals surface area contributed by atoms with E-state index in [2.05, 4.69) is 0 Å². The Hall–Kier alpha value is -5.68. The van der Waals surface area contributed by atoms with Gasteiger partial charge < -0.3 is 0 Å². The third-order valence-electron chi connectivity index (χ3n) is 7.04. The topological polar surface area (TPSA) is 60.7 Å². The van der Waals surface area contributed by atoms with Crippen molar-refractivity contribution in [1.29, 1.82) is 0 Å². The van der Waals surface area contributed by atoms with Crippen molar-refractivity contribution >= 4 is 10.9 Å². The molecule has 0 aliphatic carbocycles. The molecule has 5 nitrogen and oxygen atoms in total. The molecule has 0 saturated heterocycles. The zero-order valence-electron chi connectivity index (χ0n) is 22.1. The van der Waals surface area contributed by atoms with Gasteiger partial charge in [0.25, 0.3) is 5.56 Å². The molecule has 7 rings (SSSR count). The molecule has 0 fully saturated rings. The first-order valence-corrected chi connectivity index (χ1v) is 13.4. The van der Waals surface area contributed by atoms with Crippen molar-refractivity contribution in [2.45, 2.75) is 0 Å². The summed E-state index contributed by atoms with van der Waals surface area (Å²) in [6.45, 7) is 0. The molecule has 5 aromatic carbocycles. The maximum absolute atomic E-state index is 13.9. The summed E-state index contributed by atoms with van der Waals surface area (Å²) in [5.41, 5.74) is 6.55. The van der Waals surface area contributed by atoms with E-state index in [0.29, 0.717) is 28.2 Å². The Morgan fingerprint density at radius 2 is 1.00 bits per heavy atom. The van der Waals surface area contributed by atoms with Crippen LogP contribution in [0.4, 0.5) is 0 Å². The molecule has 5 heteroatoms. The van der Waals surface area contributed by atoms with E-state index in [0.717, 1.165) is 33.6 Å². The maximum atomic E-state index is 13.9. The van der Waals surface area contributed by atoms with Crippen LogP contribution in [0.5, 0.6) is 0 Å². The summed E-state index contributed by atoms with van der Waals surface area (Å²) in [5.74, 6) is 1.16. The van der Waals surface area contributed by atoms with Gasteiger partial charge in [-0.1, -0.05) is 115 Å². The van der Waals surface area contributed by atoms with Crippen LogP contribution in [-0.4, -0.2) is 19.5 Å². The van der Waals surface area contributed by atoms with Crippen LogP contribution in [0.15, 0.2) is 150 Å². The van der Waals surface area contributed by atoms with Gasteiger partial charge in [0.15, 0.2) is 5.82 Å². The highest BCUT2D eigenvalue weighted by atomic mass is 16.1. The van der Waals surface area contributed by atoms with Crippen LogP contribution in [0.1, 0.15) is 0 Å². The number of aromatic nitrogens is 4. The van der Waals surface area contributed by atoms with Gasteiger partial charge in [-0.05, 0) is 30.3 Å². The largest absolute Gasteiger partial charge is 0.268 e. The van der Waals surface area contributed by atoms with E-state index in [1.54, 1.807) is 4.57 Å². The summed E-state index contributed by atoms with van der Waals surface area (Å²) in [7, 11) is 0. The predicted octanol–water partition coefficient (Wildman–Crippen LogP) is 7.84. The van der Waals surface area contributed by atoms with Crippen LogP contribution < -0.4 is 5.56 Å². The molecule has 0 unspecified atom stereocenters. The normalized spacial score (nSPS) is 11.0. The number of fused-ring (bicyclic) bond motifs is 1. The van der Waals surface area contributed by atoms with E-state index in [9.17, 15) is 4.79 Å². The van der Waals surface area contributed by atoms with Gasteiger partial charge in [0.05, 0.1) is 28.0 Å². The Morgan fingerprint density at radius 1 is 0.463 bits per heavy atom. The molecular weight excluding hydrogens is 504 g/mol. The number of nitrogens with zero attached hydrogens (tertiary/aromatic N) is 4. The van der Waals surface area contributed by atoms with Gasteiger partial charge in [0.2, 0.25) is 0 Å². The fraction of sp³-hybridized carbons (Fsp3) is 0. The Morgan fingerprint density at radius 3 is 1.63 bits per heavy atom. The lowest BCUT2D eigenvalue weighted by molar-refractivity contribution is 0.975. The molecule has 0 spiro atoms. The molecule has 7 aromatic rings. The van der Waals surface area contributed by atoms with E-state index in [4.69, 9.17) is 15.0 Å². The SMILES string of the molecule is O=c1c2ccccc2nc(-c2ccccc2)n1-c1cccc(-c2nc(-c3ccccc3)cc(-c3ccccc3)n2)c1. The van der Waals surface area contributed by atoms with Crippen molar-refractivity contribution in [3.8, 4) is 51.0 Å². The van der Waals surface area contributed by atoms with Crippen LogP contribution in [-0.2, 0) is 0 Å². The van der Waals surface area contributed by atoms with E-state index >= 15 is 0 Å². The monoisotopic (exact) mass is 528 g/mol. The molecule has 0 saturated carbocycles. The number of benzene rings is 5. The van der Waals surface area contributed by atoms with E-state index in [-0.39, 0.29) is 5.56 Å². The molecule has 0 atom stereocenters. The number of para-hydroxylation sites is 1. The van der Waals surface area contributed by atoms with Crippen molar-refractivity contribution in [2.24, 2.45) is 0 Å².